The summed E-state index contributed by atoms with van der Waals surface area (Å²) in [5.74, 6) is 0.938. The van der Waals surface area contributed by atoms with Gasteiger partial charge >= 0.3 is 6.03 Å². The van der Waals surface area contributed by atoms with Crippen molar-refractivity contribution in [3.8, 4) is 11.5 Å². The van der Waals surface area contributed by atoms with E-state index < -0.39 is 0 Å². The fourth-order valence-corrected chi connectivity index (χ4v) is 4.09. The normalized spacial score (nSPS) is 13.6. The number of anilines is 1. The number of hydrogen-bond donors (Lipinski definition) is 1. The van der Waals surface area contributed by atoms with Crippen molar-refractivity contribution < 1.29 is 14.1 Å². The summed E-state index contributed by atoms with van der Waals surface area (Å²) in [6, 6.07) is 12.4. The molecule has 0 spiro atoms. The highest BCUT2D eigenvalue weighted by Crippen LogP contribution is 2.23. The zero-order valence-electron chi connectivity index (χ0n) is 19.4. The highest BCUT2D eigenvalue weighted by molar-refractivity contribution is 6.33. The molecule has 1 fully saturated rings. The summed E-state index contributed by atoms with van der Waals surface area (Å²) in [6.07, 6.45) is 3.74. The van der Waals surface area contributed by atoms with E-state index in [4.69, 9.17) is 16.1 Å². The molecule has 0 saturated carbocycles. The number of piperidine rings is 1. The van der Waals surface area contributed by atoms with Crippen molar-refractivity contribution >= 4 is 29.2 Å². The molecule has 0 aliphatic carbocycles. The van der Waals surface area contributed by atoms with Crippen molar-refractivity contribution in [1.29, 1.82) is 0 Å². The van der Waals surface area contributed by atoms with Crippen molar-refractivity contribution in [2.45, 2.75) is 32.6 Å². The summed E-state index contributed by atoms with van der Waals surface area (Å²) in [7, 11) is 1.69. The quantitative estimate of drug-likeness (QED) is 0.533. The summed E-state index contributed by atoms with van der Waals surface area (Å²) in [5, 5.41) is 7.32. The number of carbonyl (C=O) groups excluding carboxylic acids is 2. The minimum absolute atomic E-state index is 0.0608. The molecule has 3 aromatic rings. The molecule has 0 bridgehead atoms. The largest absolute Gasteiger partial charge is 0.339 e. The number of halogens is 1. The number of likely N-dealkylation sites (tertiary alicyclic amines) is 1. The summed E-state index contributed by atoms with van der Waals surface area (Å²) in [5.41, 5.74) is 2.99. The van der Waals surface area contributed by atoms with E-state index in [0.717, 1.165) is 37.1 Å². The van der Waals surface area contributed by atoms with E-state index in [1.807, 2.05) is 30.0 Å². The third kappa shape index (κ3) is 5.75. The number of nitrogens with one attached hydrogen (secondary N) is 1. The molecule has 0 radical (unpaired) electrons. The standard InChI is InChI=1S/C25H28ClN5O3/c1-17-6-11-21(20(26)16-17)27-25(33)30(2)15-12-22-28-23(34-29-22)18-7-9-19(10-8-18)24(32)31-13-4-3-5-14-31/h6-11,16H,3-5,12-15H2,1-2H3,(H,27,33). The molecule has 2 aromatic carbocycles. The Morgan fingerprint density at radius 3 is 2.56 bits per heavy atom. The van der Waals surface area contributed by atoms with Crippen LogP contribution in [-0.2, 0) is 6.42 Å². The van der Waals surface area contributed by atoms with Crippen LogP contribution in [0.4, 0.5) is 10.5 Å². The van der Waals surface area contributed by atoms with Gasteiger partial charge in [0.1, 0.15) is 0 Å². The van der Waals surface area contributed by atoms with Crippen LogP contribution < -0.4 is 5.32 Å². The summed E-state index contributed by atoms with van der Waals surface area (Å²) >= 11 is 6.19. The molecule has 4 rings (SSSR count). The molecule has 2 heterocycles. The Hall–Kier alpha value is -3.39. The smallest absolute Gasteiger partial charge is 0.321 e. The maximum Gasteiger partial charge on any atom is 0.321 e. The number of rotatable bonds is 6. The van der Waals surface area contributed by atoms with Gasteiger partial charge < -0.3 is 19.6 Å². The van der Waals surface area contributed by atoms with Gasteiger partial charge in [0.2, 0.25) is 0 Å². The lowest BCUT2D eigenvalue weighted by Gasteiger charge is -2.26. The van der Waals surface area contributed by atoms with Gasteiger partial charge in [0.15, 0.2) is 5.82 Å². The van der Waals surface area contributed by atoms with Crippen LogP contribution in [-0.4, -0.2) is 58.6 Å². The van der Waals surface area contributed by atoms with E-state index in [2.05, 4.69) is 15.5 Å². The number of carbonyl (C=O) groups is 2. The van der Waals surface area contributed by atoms with Crippen LogP contribution >= 0.6 is 11.6 Å². The number of likely N-dealkylation sites (N-methyl/N-ethyl adjacent to an activating group) is 1. The van der Waals surface area contributed by atoms with E-state index in [1.165, 1.54) is 11.3 Å². The fourth-order valence-electron chi connectivity index (χ4n) is 3.81. The Bertz CT molecular complexity index is 1160. The Morgan fingerprint density at radius 2 is 1.85 bits per heavy atom. The van der Waals surface area contributed by atoms with Gasteiger partial charge in [-0.05, 0) is 68.1 Å². The molecule has 1 aromatic heterocycles. The van der Waals surface area contributed by atoms with E-state index in [-0.39, 0.29) is 11.9 Å². The van der Waals surface area contributed by atoms with Gasteiger partial charge in [0.25, 0.3) is 11.8 Å². The summed E-state index contributed by atoms with van der Waals surface area (Å²) in [6.45, 7) is 3.97. The third-order valence-electron chi connectivity index (χ3n) is 5.87. The van der Waals surface area contributed by atoms with Crippen molar-refractivity contribution in [1.82, 2.24) is 19.9 Å². The van der Waals surface area contributed by atoms with Crippen LogP contribution in [0.1, 0.15) is 41.0 Å². The highest BCUT2D eigenvalue weighted by Gasteiger charge is 2.19. The minimum Gasteiger partial charge on any atom is -0.339 e. The van der Waals surface area contributed by atoms with Crippen molar-refractivity contribution in [3.63, 3.8) is 0 Å². The zero-order valence-corrected chi connectivity index (χ0v) is 20.1. The van der Waals surface area contributed by atoms with Crippen LogP contribution in [0.3, 0.4) is 0 Å². The fraction of sp³-hybridized carbons (Fsp3) is 0.360. The lowest BCUT2D eigenvalue weighted by molar-refractivity contribution is 0.0724. The molecule has 1 saturated heterocycles. The second kappa shape index (κ2) is 10.7. The monoisotopic (exact) mass is 481 g/mol. The topological polar surface area (TPSA) is 91.6 Å². The van der Waals surface area contributed by atoms with Gasteiger partial charge in [-0.25, -0.2) is 4.79 Å². The van der Waals surface area contributed by atoms with Crippen LogP contribution in [0.5, 0.6) is 0 Å². The Kier molecular flexibility index (Phi) is 7.47. The molecule has 9 heteroatoms. The third-order valence-corrected chi connectivity index (χ3v) is 6.19. The maximum absolute atomic E-state index is 12.6. The molecule has 0 unspecified atom stereocenters. The lowest BCUT2D eigenvalue weighted by atomic mass is 10.1. The lowest BCUT2D eigenvalue weighted by Crippen LogP contribution is -2.35. The van der Waals surface area contributed by atoms with Crippen molar-refractivity contribution in [3.05, 3.63) is 64.4 Å². The molecule has 1 aliphatic rings. The highest BCUT2D eigenvalue weighted by atomic mass is 35.5. The van der Waals surface area contributed by atoms with Gasteiger partial charge in [0, 0.05) is 44.2 Å². The summed E-state index contributed by atoms with van der Waals surface area (Å²) in [4.78, 5) is 33.0. The molecular weight excluding hydrogens is 454 g/mol. The van der Waals surface area contributed by atoms with Crippen molar-refractivity contribution in [2.24, 2.45) is 0 Å². The SMILES string of the molecule is Cc1ccc(NC(=O)N(C)CCc2noc(-c3ccc(C(=O)N4CCCCC4)cc3)n2)c(Cl)c1. The predicted octanol–water partition coefficient (Wildman–Crippen LogP) is 5.03. The van der Waals surface area contributed by atoms with E-state index >= 15 is 0 Å². The van der Waals surface area contributed by atoms with Gasteiger partial charge in [0.05, 0.1) is 10.7 Å². The van der Waals surface area contributed by atoms with Crippen molar-refractivity contribution in [2.75, 3.05) is 32.0 Å². The molecule has 0 atom stereocenters. The zero-order chi connectivity index (χ0) is 24.1. The second-order valence-corrected chi connectivity index (χ2v) is 8.94. The average Bonchev–Trinajstić information content (AvgIpc) is 3.33. The Labute approximate surface area is 203 Å². The molecular formula is C25H28ClN5O3. The molecule has 34 heavy (non-hydrogen) atoms. The van der Waals surface area contributed by atoms with E-state index in [0.29, 0.717) is 41.0 Å². The predicted molar refractivity (Wildman–Crippen MR) is 131 cm³/mol. The number of hydrogen-bond acceptors (Lipinski definition) is 5. The number of aromatic nitrogens is 2. The van der Waals surface area contributed by atoms with E-state index in [1.54, 1.807) is 31.3 Å². The first kappa shape index (κ1) is 23.8. The van der Waals surface area contributed by atoms with Crippen LogP contribution in [0.25, 0.3) is 11.5 Å². The van der Waals surface area contributed by atoms with Gasteiger partial charge in [-0.2, -0.15) is 4.98 Å². The molecule has 1 N–H and O–H groups in total. The van der Waals surface area contributed by atoms with E-state index in [9.17, 15) is 9.59 Å². The first-order valence-electron chi connectivity index (χ1n) is 11.4. The van der Waals surface area contributed by atoms with Crippen LogP contribution in [0.2, 0.25) is 5.02 Å². The van der Waals surface area contributed by atoms with Gasteiger partial charge in [-0.1, -0.05) is 22.8 Å². The number of amides is 3. The Balaban J connectivity index is 1.31. The first-order valence-corrected chi connectivity index (χ1v) is 11.8. The van der Waals surface area contributed by atoms with Crippen LogP contribution in [0.15, 0.2) is 47.0 Å². The Morgan fingerprint density at radius 1 is 1.12 bits per heavy atom. The molecule has 8 nitrogen and oxygen atoms in total. The van der Waals surface area contributed by atoms with Gasteiger partial charge in [-0.15, -0.1) is 0 Å². The van der Waals surface area contributed by atoms with Gasteiger partial charge in [-0.3, -0.25) is 4.79 Å². The number of benzene rings is 2. The number of urea groups is 1. The minimum atomic E-state index is -0.275. The van der Waals surface area contributed by atoms with Crippen LogP contribution in [0, 0.1) is 6.92 Å². The first-order chi connectivity index (χ1) is 16.4. The maximum atomic E-state index is 12.6. The average molecular weight is 482 g/mol. The number of nitrogens with zero attached hydrogens (tertiary/aromatic N) is 4. The molecule has 3 amide bonds. The number of aryl methyl sites for hydroxylation is 1. The molecule has 178 valence electrons. The molecule has 1 aliphatic heterocycles. The second-order valence-electron chi connectivity index (χ2n) is 8.53. The summed E-state index contributed by atoms with van der Waals surface area (Å²) < 4.78 is 5.39.